The van der Waals surface area contributed by atoms with Crippen molar-refractivity contribution < 1.29 is 9.53 Å². The van der Waals surface area contributed by atoms with Crippen LogP contribution in [-0.4, -0.2) is 31.2 Å². The van der Waals surface area contributed by atoms with Crippen molar-refractivity contribution in [2.24, 2.45) is 11.8 Å². The minimum atomic E-state index is -0.352. The molecule has 0 amide bonds. The van der Waals surface area contributed by atoms with Gasteiger partial charge in [0.1, 0.15) is 0 Å². The molecule has 0 N–H and O–H groups in total. The van der Waals surface area contributed by atoms with Crippen molar-refractivity contribution in [2.45, 2.75) is 26.7 Å². The second-order valence-corrected chi connectivity index (χ2v) is 5.91. The van der Waals surface area contributed by atoms with Gasteiger partial charge in [0.2, 0.25) is 0 Å². The summed E-state index contributed by atoms with van der Waals surface area (Å²) in [6, 6.07) is 0. The van der Waals surface area contributed by atoms with E-state index in [4.69, 9.17) is 0 Å². The Labute approximate surface area is 112 Å². The van der Waals surface area contributed by atoms with E-state index in [9.17, 15) is 4.79 Å². The molecule has 0 bridgehead atoms. The Balaban J connectivity index is 1.97. The first-order valence-electron chi connectivity index (χ1n) is 6.40. The largest absolute Gasteiger partial charge is 0.464 e. The van der Waals surface area contributed by atoms with E-state index in [1.165, 1.54) is 31.3 Å². The van der Waals surface area contributed by atoms with Crippen LogP contribution < -0.4 is 4.90 Å². The number of piperidine rings is 1. The molecule has 0 unspecified atom stereocenters. The van der Waals surface area contributed by atoms with Crippen LogP contribution in [0.4, 0.5) is 5.13 Å². The normalized spacial score (nSPS) is 17.2. The van der Waals surface area contributed by atoms with Crippen LogP contribution in [0.3, 0.4) is 0 Å². The van der Waals surface area contributed by atoms with Gasteiger partial charge in [0.25, 0.3) is 0 Å². The average Bonchev–Trinajstić information content (AvgIpc) is 2.87. The average molecular weight is 268 g/mol. The molecule has 1 aliphatic rings. The van der Waals surface area contributed by atoms with Gasteiger partial charge in [0.15, 0.2) is 10.8 Å². The molecular weight excluding hydrogens is 248 g/mol. The summed E-state index contributed by atoms with van der Waals surface area (Å²) in [5.74, 6) is 1.23. The molecule has 0 aromatic carbocycles. The highest BCUT2D eigenvalue weighted by atomic mass is 32.1. The Hall–Kier alpha value is -1.10. The highest BCUT2D eigenvalue weighted by molar-refractivity contribution is 7.13. The van der Waals surface area contributed by atoms with Crippen LogP contribution in [0.1, 0.15) is 37.2 Å². The summed E-state index contributed by atoms with van der Waals surface area (Å²) in [5.41, 5.74) is 0.420. The SMILES string of the molecule is COC(=O)c1csc(N2CCC(C(C)C)CC2)n1. The molecule has 100 valence electrons. The number of thiazole rings is 1. The smallest absolute Gasteiger partial charge is 0.357 e. The van der Waals surface area contributed by atoms with Gasteiger partial charge >= 0.3 is 5.97 Å². The number of ether oxygens (including phenoxy) is 1. The molecule has 0 aliphatic carbocycles. The molecule has 0 saturated carbocycles. The van der Waals surface area contributed by atoms with E-state index in [-0.39, 0.29) is 5.97 Å². The maximum absolute atomic E-state index is 11.4. The van der Waals surface area contributed by atoms with Crippen molar-refractivity contribution in [3.63, 3.8) is 0 Å². The van der Waals surface area contributed by atoms with Gasteiger partial charge in [-0.25, -0.2) is 9.78 Å². The third-order valence-electron chi connectivity index (χ3n) is 3.64. The van der Waals surface area contributed by atoms with Crippen LogP contribution in [0, 0.1) is 11.8 Å². The van der Waals surface area contributed by atoms with Crippen molar-refractivity contribution in [1.29, 1.82) is 0 Å². The summed E-state index contributed by atoms with van der Waals surface area (Å²) in [4.78, 5) is 18.0. The molecule has 0 radical (unpaired) electrons. The summed E-state index contributed by atoms with van der Waals surface area (Å²) < 4.78 is 4.67. The van der Waals surface area contributed by atoms with Gasteiger partial charge in [0.05, 0.1) is 7.11 Å². The standard InChI is InChI=1S/C13H20N2O2S/c1-9(2)10-4-6-15(7-5-10)13-14-11(8-18-13)12(16)17-3/h8-10H,4-7H2,1-3H3. The van der Waals surface area contributed by atoms with Crippen molar-refractivity contribution >= 4 is 22.4 Å². The lowest BCUT2D eigenvalue weighted by atomic mass is 9.87. The Bertz CT molecular complexity index is 409. The molecule has 18 heavy (non-hydrogen) atoms. The van der Waals surface area contributed by atoms with Crippen molar-refractivity contribution in [3.8, 4) is 0 Å². The lowest BCUT2D eigenvalue weighted by Gasteiger charge is -2.33. The number of carbonyl (C=O) groups is 1. The lowest BCUT2D eigenvalue weighted by molar-refractivity contribution is 0.0595. The highest BCUT2D eigenvalue weighted by Crippen LogP contribution is 2.29. The summed E-state index contributed by atoms with van der Waals surface area (Å²) in [6.07, 6.45) is 2.43. The Morgan fingerprint density at radius 1 is 1.50 bits per heavy atom. The van der Waals surface area contributed by atoms with Gasteiger partial charge in [-0.3, -0.25) is 0 Å². The van der Waals surface area contributed by atoms with Crippen molar-refractivity contribution in [3.05, 3.63) is 11.1 Å². The number of rotatable bonds is 3. The highest BCUT2D eigenvalue weighted by Gasteiger charge is 2.23. The van der Waals surface area contributed by atoms with Gasteiger partial charge in [0, 0.05) is 18.5 Å². The molecular formula is C13H20N2O2S. The van der Waals surface area contributed by atoms with E-state index in [1.807, 2.05) is 0 Å². The second kappa shape index (κ2) is 5.69. The number of esters is 1. The fourth-order valence-electron chi connectivity index (χ4n) is 2.37. The molecule has 0 spiro atoms. The minimum absolute atomic E-state index is 0.352. The van der Waals surface area contributed by atoms with E-state index < -0.39 is 0 Å². The number of aromatic nitrogens is 1. The molecule has 1 fully saturated rings. The Kier molecular flexibility index (Phi) is 4.22. The van der Waals surface area contributed by atoms with Crippen LogP contribution in [0.2, 0.25) is 0 Å². The van der Waals surface area contributed by atoms with Gasteiger partial charge in [-0.05, 0) is 24.7 Å². The number of nitrogens with zero attached hydrogens (tertiary/aromatic N) is 2. The third kappa shape index (κ3) is 2.83. The van der Waals surface area contributed by atoms with Gasteiger partial charge in [-0.2, -0.15) is 0 Å². The zero-order valence-corrected chi connectivity index (χ0v) is 12.0. The van der Waals surface area contributed by atoms with Crippen molar-refractivity contribution in [1.82, 2.24) is 4.98 Å². The van der Waals surface area contributed by atoms with Crippen LogP contribution in [0.5, 0.6) is 0 Å². The number of hydrogen-bond acceptors (Lipinski definition) is 5. The molecule has 4 nitrogen and oxygen atoms in total. The van der Waals surface area contributed by atoms with E-state index in [2.05, 4.69) is 28.5 Å². The Morgan fingerprint density at radius 3 is 2.72 bits per heavy atom. The maximum Gasteiger partial charge on any atom is 0.357 e. The first kappa shape index (κ1) is 13.3. The minimum Gasteiger partial charge on any atom is -0.464 e. The molecule has 2 heterocycles. The van der Waals surface area contributed by atoms with Gasteiger partial charge < -0.3 is 9.64 Å². The molecule has 1 aromatic rings. The van der Waals surface area contributed by atoms with E-state index >= 15 is 0 Å². The summed E-state index contributed by atoms with van der Waals surface area (Å²) >= 11 is 1.52. The fourth-order valence-corrected chi connectivity index (χ4v) is 3.21. The van der Waals surface area contributed by atoms with E-state index in [0.717, 1.165) is 30.1 Å². The first-order chi connectivity index (χ1) is 8.61. The van der Waals surface area contributed by atoms with Crippen LogP contribution in [-0.2, 0) is 4.74 Å². The molecule has 0 atom stereocenters. The van der Waals surface area contributed by atoms with Crippen LogP contribution in [0.15, 0.2) is 5.38 Å². The van der Waals surface area contributed by atoms with E-state index in [1.54, 1.807) is 5.38 Å². The maximum atomic E-state index is 11.4. The first-order valence-corrected chi connectivity index (χ1v) is 7.28. The van der Waals surface area contributed by atoms with Crippen molar-refractivity contribution in [2.75, 3.05) is 25.1 Å². The topological polar surface area (TPSA) is 42.4 Å². The second-order valence-electron chi connectivity index (χ2n) is 5.08. The molecule has 1 aromatic heterocycles. The quantitative estimate of drug-likeness (QED) is 0.791. The number of carbonyl (C=O) groups excluding carboxylic acids is 1. The monoisotopic (exact) mass is 268 g/mol. The molecule has 1 aliphatic heterocycles. The summed E-state index contributed by atoms with van der Waals surface area (Å²) in [6.45, 7) is 6.66. The molecule has 2 rings (SSSR count). The number of hydrogen-bond donors (Lipinski definition) is 0. The van der Waals surface area contributed by atoms with Crippen LogP contribution >= 0.6 is 11.3 Å². The Morgan fingerprint density at radius 2 is 2.17 bits per heavy atom. The lowest BCUT2D eigenvalue weighted by Crippen LogP contribution is -2.35. The zero-order chi connectivity index (χ0) is 13.1. The third-order valence-corrected chi connectivity index (χ3v) is 4.54. The van der Waals surface area contributed by atoms with Gasteiger partial charge in [-0.1, -0.05) is 13.8 Å². The molecule has 1 saturated heterocycles. The molecule has 5 heteroatoms. The summed E-state index contributed by atoms with van der Waals surface area (Å²) in [5, 5.41) is 2.72. The fraction of sp³-hybridized carbons (Fsp3) is 0.692. The predicted octanol–water partition coefficient (Wildman–Crippen LogP) is 2.80. The van der Waals surface area contributed by atoms with E-state index in [0.29, 0.717) is 5.69 Å². The van der Waals surface area contributed by atoms with Crippen LogP contribution in [0.25, 0.3) is 0 Å². The summed E-state index contributed by atoms with van der Waals surface area (Å²) in [7, 11) is 1.38. The zero-order valence-electron chi connectivity index (χ0n) is 11.2. The number of anilines is 1. The van der Waals surface area contributed by atoms with Gasteiger partial charge in [-0.15, -0.1) is 11.3 Å². The predicted molar refractivity (Wildman–Crippen MR) is 73.2 cm³/mol. The number of methoxy groups -OCH3 is 1.